The lowest BCUT2D eigenvalue weighted by molar-refractivity contribution is 0.340. The summed E-state index contributed by atoms with van der Waals surface area (Å²) in [5.41, 5.74) is 1.62. The fourth-order valence-electron chi connectivity index (χ4n) is 2.15. The Labute approximate surface area is 159 Å². The number of ether oxygens (including phenoxy) is 2. The fraction of sp³-hybridized carbons (Fsp3) is 0.200. The van der Waals surface area contributed by atoms with Crippen LogP contribution in [0.25, 0.3) is 0 Å². The van der Waals surface area contributed by atoms with E-state index in [2.05, 4.69) is 29.9 Å². The summed E-state index contributed by atoms with van der Waals surface area (Å²) < 4.78 is 10.2. The van der Waals surface area contributed by atoms with E-state index in [1.807, 2.05) is 31.2 Å². The third kappa shape index (κ3) is 3.73. The van der Waals surface area contributed by atoms with Crippen LogP contribution in [0.2, 0.25) is 10.6 Å². The van der Waals surface area contributed by atoms with Crippen molar-refractivity contribution in [3.05, 3.63) is 40.4 Å². The van der Waals surface area contributed by atoms with E-state index < -0.39 is 0 Å². The normalized spacial score (nSPS) is 10.5. The van der Waals surface area contributed by atoms with Crippen LogP contribution >= 0.6 is 23.2 Å². The van der Waals surface area contributed by atoms with E-state index >= 15 is 0 Å². The zero-order valence-electron chi connectivity index (χ0n) is 14.0. The number of aromatic nitrogens is 6. The Morgan fingerprint density at radius 3 is 1.85 bits per heavy atom. The molecule has 0 aliphatic heterocycles. The lowest BCUT2D eigenvalue weighted by atomic mass is 10.2. The van der Waals surface area contributed by atoms with Crippen LogP contribution in [-0.2, 0) is 0 Å². The minimum atomic E-state index is -0.0634. The molecule has 0 saturated carbocycles. The molecule has 0 radical (unpaired) electrons. The van der Waals surface area contributed by atoms with Crippen molar-refractivity contribution in [3.63, 3.8) is 0 Å². The van der Waals surface area contributed by atoms with Gasteiger partial charge in [0.2, 0.25) is 22.5 Å². The Bertz CT molecular complexity index is 899. The van der Waals surface area contributed by atoms with E-state index in [0.29, 0.717) is 5.69 Å². The lowest BCUT2D eigenvalue weighted by Crippen LogP contribution is -2.19. The Morgan fingerprint density at radius 2 is 1.31 bits per heavy atom. The second kappa shape index (κ2) is 7.63. The third-order valence-corrected chi connectivity index (χ3v) is 3.61. The van der Waals surface area contributed by atoms with Gasteiger partial charge in [0.1, 0.15) is 0 Å². The van der Waals surface area contributed by atoms with Gasteiger partial charge >= 0.3 is 12.0 Å². The quantitative estimate of drug-likeness (QED) is 0.646. The topological polar surface area (TPSA) is 99.0 Å². The molecule has 0 N–H and O–H groups in total. The molecule has 0 spiro atoms. The molecule has 0 amide bonds. The highest BCUT2D eigenvalue weighted by Crippen LogP contribution is 2.33. The SMILES string of the molecule is COc1nc(OC)nc(N(c2nc(Cl)nc(Cl)n2)c2ccccc2C)n1. The lowest BCUT2D eigenvalue weighted by Gasteiger charge is -2.22. The highest BCUT2D eigenvalue weighted by Gasteiger charge is 2.23. The summed E-state index contributed by atoms with van der Waals surface area (Å²) >= 11 is 11.9. The Morgan fingerprint density at radius 1 is 0.769 bits per heavy atom. The average molecular weight is 394 g/mol. The number of aryl methyl sites for hydroxylation is 1. The largest absolute Gasteiger partial charge is 0.467 e. The molecule has 0 aliphatic rings. The van der Waals surface area contributed by atoms with Crippen LogP contribution in [0.1, 0.15) is 5.56 Å². The molecule has 11 heteroatoms. The van der Waals surface area contributed by atoms with E-state index in [9.17, 15) is 0 Å². The summed E-state index contributed by atoms with van der Waals surface area (Å²) in [6.07, 6.45) is 0. The van der Waals surface area contributed by atoms with E-state index in [1.165, 1.54) is 14.2 Å². The molecule has 3 aromatic rings. The second-order valence-corrected chi connectivity index (χ2v) is 5.58. The van der Waals surface area contributed by atoms with Gasteiger partial charge in [-0.3, -0.25) is 0 Å². The highest BCUT2D eigenvalue weighted by molar-refractivity contribution is 6.31. The van der Waals surface area contributed by atoms with E-state index in [4.69, 9.17) is 32.7 Å². The first kappa shape index (κ1) is 18.0. The van der Waals surface area contributed by atoms with E-state index in [0.717, 1.165) is 5.56 Å². The molecule has 134 valence electrons. The predicted octanol–water partition coefficient (Wildman–Crippen LogP) is 3.16. The minimum Gasteiger partial charge on any atom is -0.467 e. The smallest absolute Gasteiger partial charge is 0.324 e. The molecular formula is C15H13Cl2N7O2. The summed E-state index contributed by atoms with van der Waals surface area (Å²) in [5.74, 6) is 0.306. The molecule has 1 aromatic carbocycles. The maximum absolute atomic E-state index is 5.95. The van der Waals surface area contributed by atoms with Crippen molar-refractivity contribution in [2.75, 3.05) is 19.1 Å². The van der Waals surface area contributed by atoms with Crippen LogP contribution in [0.15, 0.2) is 24.3 Å². The van der Waals surface area contributed by atoms with Gasteiger partial charge in [-0.25, -0.2) is 4.90 Å². The standard InChI is InChI=1S/C15H13Cl2N7O2/c1-8-6-4-5-7-9(8)24(12-19-10(16)18-11(17)20-12)13-21-14(25-2)23-15(22-13)26-3/h4-7H,1-3H3. The van der Waals surface area contributed by atoms with E-state index in [-0.39, 0.29) is 34.5 Å². The molecule has 0 unspecified atom stereocenters. The van der Waals surface area contributed by atoms with Crippen molar-refractivity contribution in [2.45, 2.75) is 6.92 Å². The zero-order chi connectivity index (χ0) is 18.7. The molecule has 9 nitrogen and oxygen atoms in total. The summed E-state index contributed by atoms with van der Waals surface area (Å²) in [5, 5.41) is -0.127. The Hall–Kier alpha value is -2.78. The molecule has 0 atom stereocenters. The Kier molecular flexibility index (Phi) is 5.29. The number of halogens is 2. The van der Waals surface area contributed by atoms with Gasteiger partial charge in [0, 0.05) is 0 Å². The molecular weight excluding hydrogens is 381 g/mol. The van der Waals surface area contributed by atoms with Crippen LogP contribution in [0.4, 0.5) is 17.6 Å². The van der Waals surface area contributed by atoms with Crippen LogP contribution < -0.4 is 14.4 Å². The maximum Gasteiger partial charge on any atom is 0.324 e. The number of hydrogen-bond donors (Lipinski definition) is 0. The first-order chi connectivity index (χ1) is 12.5. The number of methoxy groups -OCH3 is 2. The number of para-hydroxylation sites is 1. The summed E-state index contributed by atoms with van der Waals surface area (Å²) in [6.45, 7) is 1.92. The molecule has 0 bridgehead atoms. The molecule has 2 heterocycles. The van der Waals surface area contributed by atoms with Crippen molar-refractivity contribution in [2.24, 2.45) is 0 Å². The first-order valence-corrected chi connectivity index (χ1v) is 8.04. The van der Waals surface area contributed by atoms with Crippen molar-refractivity contribution >= 4 is 40.8 Å². The number of nitrogens with zero attached hydrogens (tertiary/aromatic N) is 7. The molecule has 26 heavy (non-hydrogen) atoms. The van der Waals surface area contributed by atoms with Gasteiger partial charge in [0.15, 0.2) is 0 Å². The van der Waals surface area contributed by atoms with Crippen LogP contribution in [0, 0.1) is 6.92 Å². The van der Waals surface area contributed by atoms with Crippen LogP contribution in [0.5, 0.6) is 12.0 Å². The maximum atomic E-state index is 5.95. The monoisotopic (exact) mass is 393 g/mol. The molecule has 2 aromatic heterocycles. The Balaban J connectivity index is 2.26. The predicted molar refractivity (Wildman–Crippen MR) is 95.8 cm³/mol. The number of rotatable bonds is 5. The van der Waals surface area contributed by atoms with Gasteiger partial charge in [-0.05, 0) is 41.8 Å². The molecule has 0 saturated heterocycles. The minimum absolute atomic E-state index is 0.0634. The summed E-state index contributed by atoms with van der Waals surface area (Å²) in [7, 11) is 2.88. The van der Waals surface area contributed by atoms with Gasteiger partial charge in [0.25, 0.3) is 0 Å². The van der Waals surface area contributed by atoms with Crippen molar-refractivity contribution in [1.29, 1.82) is 0 Å². The highest BCUT2D eigenvalue weighted by atomic mass is 35.5. The third-order valence-electron chi connectivity index (χ3n) is 3.27. The van der Waals surface area contributed by atoms with Crippen molar-refractivity contribution in [1.82, 2.24) is 29.9 Å². The summed E-state index contributed by atoms with van der Waals surface area (Å²) in [4.78, 5) is 26.1. The number of anilines is 3. The first-order valence-electron chi connectivity index (χ1n) is 7.28. The molecule has 3 rings (SSSR count). The number of hydrogen-bond acceptors (Lipinski definition) is 9. The molecule has 0 fully saturated rings. The summed E-state index contributed by atoms with van der Waals surface area (Å²) in [6, 6.07) is 7.66. The van der Waals surface area contributed by atoms with Gasteiger partial charge < -0.3 is 9.47 Å². The van der Waals surface area contributed by atoms with Crippen LogP contribution in [-0.4, -0.2) is 44.1 Å². The van der Waals surface area contributed by atoms with Gasteiger partial charge in [-0.2, -0.15) is 24.9 Å². The van der Waals surface area contributed by atoms with Crippen molar-refractivity contribution < 1.29 is 9.47 Å². The van der Waals surface area contributed by atoms with Crippen LogP contribution in [0.3, 0.4) is 0 Å². The van der Waals surface area contributed by atoms with Gasteiger partial charge in [-0.15, -0.1) is 4.98 Å². The zero-order valence-corrected chi connectivity index (χ0v) is 15.5. The number of benzene rings is 1. The van der Waals surface area contributed by atoms with Crippen molar-refractivity contribution in [3.8, 4) is 12.0 Å². The average Bonchev–Trinajstić information content (AvgIpc) is 2.62. The van der Waals surface area contributed by atoms with Gasteiger partial charge in [-0.1, -0.05) is 18.2 Å². The van der Waals surface area contributed by atoms with Gasteiger partial charge in [0.05, 0.1) is 19.9 Å². The molecule has 0 aliphatic carbocycles. The second-order valence-electron chi connectivity index (χ2n) is 4.90. The fourth-order valence-corrected chi connectivity index (χ4v) is 2.50. The van der Waals surface area contributed by atoms with E-state index in [1.54, 1.807) is 4.90 Å².